The van der Waals surface area contributed by atoms with E-state index < -0.39 is 0 Å². The Morgan fingerprint density at radius 2 is 2.36 bits per heavy atom. The zero-order valence-corrected chi connectivity index (χ0v) is 9.76. The molecule has 1 saturated heterocycles. The van der Waals surface area contributed by atoms with Crippen LogP contribution in [0.2, 0.25) is 0 Å². The molecular formula is C10H20N2OS. The molecule has 3 N–H and O–H groups in total. The molecule has 0 amide bonds. The summed E-state index contributed by atoms with van der Waals surface area (Å²) in [4.78, 5) is 2.94. The zero-order chi connectivity index (χ0) is 10.7. The lowest BCUT2D eigenvalue weighted by Crippen LogP contribution is -2.46. The van der Waals surface area contributed by atoms with Crippen LogP contribution in [0.3, 0.4) is 0 Å². The Labute approximate surface area is 91.3 Å². The first kappa shape index (κ1) is 11.9. The van der Waals surface area contributed by atoms with E-state index in [-0.39, 0.29) is 6.10 Å². The Morgan fingerprint density at radius 3 is 2.86 bits per heavy atom. The van der Waals surface area contributed by atoms with E-state index >= 15 is 0 Å². The van der Waals surface area contributed by atoms with Crippen molar-refractivity contribution < 1.29 is 5.11 Å². The first-order valence-electron chi connectivity index (χ1n) is 5.21. The summed E-state index contributed by atoms with van der Waals surface area (Å²) in [5, 5.41) is 9.58. The fourth-order valence-corrected chi connectivity index (χ4v) is 2.23. The Morgan fingerprint density at radius 1 is 1.71 bits per heavy atom. The molecule has 82 valence electrons. The third kappa shape index (κ3) is 3.19. The van der Waals surface area contributed by atoms with Gasteiger partial charge in [0.05, 0.1) is 11.1 Å². The fraction of sp³-hybridized carbons (Fsp3) is 0.900. The lowest BCUT2D eigenvalue weighted by molar-refractivity contribution is 0.0215. The quantitative estimate of drug-likeness (QED) is 0.684. The predicted molar refractivity (Wildman–Crippen MR) is 62.2 cm³/mol. The summed E-state index contributed by atoms with van der Waals surface area (Å²) in [5.74, 6) is 0.359. The zero-order valence-electron chi connectivity index (χ0n) is 8.94. The molecule has 1 heterocycles. The minimum Gasteiger partial charge on any atom is -0.393 e. The van der Waals surface area contributed by atoms with Crippen LogP contribution in [0.4, 0.5) is 0 Å². The van der Waals surface area contributed by atoms with Gasteiger partial charge in [-0.05, 0) is 19.3 Å². The first-order valence-corrected chi connectivity index (χ1v) is 5.62. The largest absolute Gasteiger partial charge is 0.393 e. The third-order valence-corrected chi connectivity index (χ3v) is 3.18. The summed E-state index contributed by atoms with van der Waals surface area (Å²) < 4.78 is 0. The molecule has 0 aromatic rings. The summed E-state index contributed by atoms with van der Waals surface area (Å²) in [6.07, 6.45) is 1.50. The van der Waals surface area contributed by atoms with Crippen molar-refractivity contribution in [2.45, 2.75) is 38.8 Å². The van der Waals surface area contributed by atoms with E-state index in [0.29, 0.717) is 16.9 Å². The number of nitrogens with two attached hydrogens (primary N) is 1. The standard InChI is InChI=1S/C10H20N2OS/c1-7-6-12(4-3-9(7)13)8(2)5-10(11)14/h7-9,13H,3-6H2,1-2H3,(H2,11,14). The Balaban J connectivity index is 2.41. The van der Waals surface area contributed by atoms with E-state index in [2.05, 4.69) is 18.7 Å². The third-order valence-electron chi connectivity index (χ3n) is 3.01. The van der Waals surface area contributed by atoms with Crippen molar-refractivity contribution >= 4 is 17.2 Å². The first-order chi connectivity index (χ1) is 6.50. The maximum atomic E-state index is 9.58. The summed E-state index contributed by atoms with van der Waals surface area (Å²) in [5.41, 5.74) is 5.52. The van der Waals surface area contributed by atoms with Crippen molar-refractivity contribution in [3.05, 3.63) is 0 Å². The summed E-state index contributed by atoms with van der Waals surface area (Å²) >= 11 is 4.90. The van der Waals surface area contributed by atoms with Crippen LogP contribution in [0, 0.1) is 5.92 Å². The van der Waals surface area contributed by atoms with Gasteiger partial charge >= 0.3 is 0 Å². The molecule has 4 heteroatoms. The van der Waals surface area contributed by atoms with Crippen molar-refractivity contribution in [3.8, 4) is 0 Å². The number of aliphatic hydroxyl groups is 1. The fourth-order valence-electron chi connectivity index (χ4n) is 1.99. The van der Waals surface area contributed by atoms with E-state index in [1.807, 2.05) is 0 Å². The highest BCUT2D eigenvalue weighted by Crippen LogP contribution is 2.19. The van der Waals surface area contributed by atoms with Gasteiger partial charge in [0.15, 0.2) is 0 Å². The van der Waals surface area contributed by atoms with Crippen LogP contribution in [-0.4, -0.2) is 40.2 Å². The maximum Gasteiger partial charge on any atom is 0.0742 e. The maximum absolute atomic E-state index is 9.58. The van der Waals surface area contributed by atoms with Crippen molar-refractivity contribution in [1.82, 2.24) is 4.90 Å². The second-order valence-corrected chi connectivity index (χ2v) is 4.87. The molecule has 0 aliphatic carbocycles. The molecular weight excluding hydrogens is 196 g/mol. The van der Waals surface area contributed by atoms with Gasteiger partial charge in [-0.15, -0.1) is 0 Å². The van der Waals surface area contributed by atoms with Gasteiger partial charge in [-0.1, -0.05) is 19.1 Å². The van der Waals surface area contributed by atoms with Gasteiger partial charge < -0.3 is 10.8 Å². The normalized spacial score (nSPS) is 31.4. The van der Waals surface area contributed by atoms with E-state index in [0.717, 1.165) is 25.9 Å². The number of nitrogens with zero attached hydrogens (tertiary/aromatic N) is 1. The molecule has 1 aliphatic heterocycles. The average molecular weight is 216 g/mol. The molecule has 0 radical (unpaired) electrons. The molecule has 0 aromatic carbocycles. The van der Waals surface area contributed by atoms with E-state index in [4.69, 9.17) is 18.0 Å². The molecule has 1 rings (SSSR count). The Hall–Kier alpha value is -0.190. The highest BCUT2D eigenvalue weighted by molar-refractivity contribution is 7.80. The van der Waals surface area contributed by atoms with Gasteiger partial charge in [0, 0.05) is 25.6 Å². The SMILES string of the molecule is CC1CN(C(C)CC(N)=S)CCC1O. The van der Waals surface area contributed by atoms with Crippen LogP contribution in [0.1, 0.15) is 26.7 Å². The van der Waals surface area contributed by atoms with Gasteiger partial charge in [0.1, 0.15) is 0 Å². The minimum absolute atomic E-state index is 0.136. The van der Waals surface area contributed by atoms with Gasteiger partial charge in [-0.3, -0.25) is 4.90 Å². The average Bonchev–Trinajstić information content (AvgIpc) is 2.08. The Bertz CT molecular complexity index is 210. The molecule has 14 heavy (non-hydrogen) atoms. The molecule has 3 atom stereocenters. The van der Waals surface area contributed by atoms with E-state index in [9.17, 15) is 5.11 Å². The number of piperidine rings is 1. The lowest BCUT2D eigenvalue weighted by atomic mass is 9.95. The van der Waals surface area contributed by atoms with Crippen LogP contribution >= 0.6 is 12.2 Å². The topological polar surface area (TPSA) is 49.5 Å². The number of rotatable bonds is 3. The molecule has 3 unspecified atom stereocenters. The molecule has 1 fully saturated rings. The van der Waals surface area contributed by atoms with Crippen LogP contribution in [0.5, 0.6) is 0 Å². The Kier molecular flexibility index (Phi) is 4.29. The van der Waals surface area contributed by atoms with Crippen molar-refractivity contribution in [3.63, 3.8) is 0 Å². The van der Waals surface area contributed by atoms with Gasteiger partial charge in [-0.25, -0.2) is 0 Å². The molecule has 0 aromatic heterocycles. The van der Waals surface area contributed by atoms with Crippen molar-refractivity contribution in [2.75, 3.05) is 13.1 Å². The van der Waals surface area contributed by atoms with Crippen molar-refractivity contribution in [1.29, 1.82) is 0 Å². The molecule has 1 aliphatic rings. The molecule has 0 bridgehead atoms. The monoisotopic (exact) mass is 216 g/mol. The predicted octanol–water partition coefficient (Wildman–Crippen LogP) is 0.754. The number of aliphatic hydroxyl groups excluding tert-OH is 1. The second-order valence-electron chi connectivity index (χ2n) is 4.35. The van der Waals surface area contributed by atoms with Crippen LogP contribution in [0.25, 0.3) is 0 Å². The second kappa shape index (κ2) is 5.05. The summed E-state index contributed by atoms with van der Waals surface area (Å²) in [7, 11) is 0. The summed E-state index contributed by atoms with van der Waals surface area (Å²) in [6.45, 7) is 6.13. The van der Waals surface area contributed by atoms with E-state index in [1.165, 1.54) is 0 Å². The number of likely N-dealkylation sites (tertiary alicyclic amines) is 1. The molecule has 3 nitrogen and oxygen atoms in total. The van der Waals surface area contributed by atoms with Gasteiger partial charge in [-0.2, -0.15) is 0 Å². The van der Waals surface area contributed by atoms with Gasteiger partial charge in [0.25, 0.3) is 0 Å². The number of hydrogen-bond donors (Lipinski definition) is 2. The number of hydrogen-bond acceptors (Lipinski definition) is 3. The summed E-state index contributed by atoms with van der Waals surface area (Å²) in [6, 6.07) is 0.405. The highest BCUT2D eigenvalue weighted by atomic mass is 32.1. The lowest BCUT2D eigenvalue weighted by Gasteiger charge is -2.38. The van der Waals surface area contributed by atoms with Crippen molar-refractivity contribution in [2.24, 2.45) is 11.7 Å². The van der Waals surface area contributed by atoms with Crippen LogP contribution in [0.15, 0.2) is 0 Å². The highest BCUT2D eigenvalue weighted by Gasteiger charge is 2.26. The number of thiocarbonyl (C=S) groups is 1. The molecule has 0 spiro atoms. The van der Waals surface area contributed by atoms with E-state index in [1.54, 1.807) is 0 Å². The van der Waals surface area contributed by atoms with Crippen LogP contribution in [-0.2, 0) is 0 Å². The minimum atomic E-state index is -0.136. The van der Waals surface area contributed by atoms with Crippen LogP contribution < -0.4 is 5.73 Å². The smallest absolute Gasteiger partial charge is 0.0742 e. The molecule has 0 saturated carbocycles. The van der Waals surface area contributed by atoms with Gasteiger partial charge in [0.2, 0.25) is 0 Å².